The van der Waals surface area contributed by atoms with Crippen molar-refractivity contribution in [1.82, 2.24) is 9.38 Å². The summed E-state index contributed by atoms with van der Waals surface area (Å²) in [5.41, 5.74) is 1.25. The molecule has 0 saturated heterocycles. The van der Waals surface area contributed by atoms with Crippen LogP contribution >= 0.6 is 0 Å². The number of imidazole rings is 1. The Kier molecular flexibility index (Phi) is 2.78. The van der Waals surface area contributed by atoms with Gasteiger partial charge in [0.15, 0.2) is 0 Å². The van der Waals surface area contributed by atoms with E-state index in [9.17, 15) is 13.7 Å². The number of aromatic nitrogens is 2. The molecule has 0 bridgehead atoms. The third-order valence-corrected chi connectivity index (χ3v) is 3.09. The highest BCUT2D eigenvalue weighted by molar-refractivity contribution is 5.75. The molecule has 0 aliphatic rings. The van der Waals surface area contributed by atoms with E-state index in [2.05, 4.69) is 10.2 Å². The van der Waals surface area contributed by atoms with E-state index in [0.717, 1.165) is 23.8 Å². The van der Waals surface area contributed by atoms with Gasteiger partial charge < -0.3 is 0 Å². The Bertz CT molecular complexity index is 827. The van der Waals surface area contributed by atoms with Crippen molar-refractivity contribution < 1.29 is 8.78 Å². The molecule has 4 nitrogen and oxygen atoms in total. The molecule has 0 radical (unpaired) electrons. The average Bonchev–Trinajstić information content (AvgIpc) is 2.81. The quantitative estimate of drug-likeness (QED) is 0.663. The minimum absolute atomic E-state index is 0.0336. The highest BCUT2D eigenvalue weighted by Crippen LogP contribution is 2.33. The van der Waals surface area contributed by atoms with Gasteiger partial charge in [0.05, 0.1) is 0 Å². The molecule has 0 saturated carbocycles. The van der Waals surface area contributed by atoms with Crippen LogP contribution in [0.25, 0.3) is 16.9 Å². The fourth-order valence-corrected chi connectivity index (χ4v) is 2.14. The summed E-state index contributed by atoms with van der Waals surface area (Å²) in [5.74, 6) is -1.31. The minimum atomic E-state index is -0.655. The van der Waals surface area contributed by atoms with Crippen LogP contribution in [-0.2, 0) is 0 Å². The number of hydrogen-bond acceptors (Lipinski definition) is 3. The molecular weight excluding hydrogens is 264 g/mol. The Balaban J connectivity index is 2.39. The molecule has 2 heterocycles. The van der Waals surface area contributed by atoms with Crippen LogP contribution in [0, 0.1) is 23.5 Å². The lowest BCUT2D eigenvalue weighted by Gasteiger charge is -2.00. The first-order chi connectivity index (χ1) is 9.61. The van der Waals surface area contributed by atoms with E-state index >= 15 is 0 Å². The molecule has 3 aromatic rings. The summed E-state index contributed by atoms with van der Waals surface area (Å²) in [7, 11) is 0. The molecule has 0 aliphatic carbocycles. The van der Waals surface area contributed by atoms with Gasteiger partial charge in [-0.1, -0.05) is 6.07 Å². The highest BCUT2D eigenvalue weighted by Gasteiger charge is 2.19. The average molecular weight is 273 g/mol. The van der Waals surface area contributed by atoms with Crippen LogP contribution in [0.5, 0.6) is 0 Å². The van der Waals surface area contributed by atoms with Gasteiger partial charge in [-0.15, -0.1) is 4.91 Å². The van der Waals surface area contributed by atoms with Crippen LogP contribution < -0.4 is 0 Å². The second-order valence-electron chi connectivity index (χ2n) is 4.38. The van der Waals surface area contributed by atoms with Crippen molar-refractivity contribution in [3.8, 4) is 11.3 Å². The maximum absolute atomic E-state index is 13.8. The van der Waals surface area contributed by atoms with Gasteiger partial charge in [0.25, 0.3) is 0 Å². The maximum Gasteiger partial charge on any atom is 0.209 e. The van der Waals surface area contributed by atoms with Gasteiger partial charge in [-0.05, 0) is 41.9 Å². The topological polar surface area (TPSA) is 46.7 Å². The molecule has 20 heavy (non-hydrogen) atoms. The zero-order chi connectivity index (χ0) is 14.3. The number of pyridine rings is 1. The molecule has 0 amide bonds. The van der Waals surface area contributed by atoms with E-state index in [-0.39, 0.29) is 17.1 Å². The van der Waals surface area contributed by atoms with Gasteiger partial charge in [-0.25, -0.2) is 13.8 Å². The molecule has 100 valence electrons. The lowest BCUT2D eigenvalue weighted by atomic mass is 10.1. The van der Waals surface area contributed by atoms with E-state index in [1.165, 1.54) is 4.40 Å². The van der Waals surface area contributed by atoms with Gasteiger partial charge >= 0.3 is 0 Å². The second-order valence-corrected chi connectivity index (χ2v) is 4.38. The Morgan fingerprint density at radius 3 is 2.80 bits per heavy atom. The highest BCUT2D eigenvalue weighted by atomic mass is 19.1. The molecule has 1 aromatic carbocycles. The Morgan fingerprint density at radius 1 is 1.25 bits per heavy atom. The lowest BCUT2D eigenvalue weighted by Crippen LogP contribution is -1.87. The Morgan fingerprint density at radius 2 is 2.05 bits per heavy atom. The van der Waals surface area contributed by atoms with Crippen molar-refractivity contribution in [3.63, 3.8) is 0 Å². The number of rotatable bonds is 2. The predicted molar refractivity (Wildman–Crippen MR) is 70.7 cm³/mol. The van der Waals surface area contributed by atoms with Crippen molar-refractivity contribution in [2.24, 2.45) is 5.18 Å². The molecule has 0 fully saturated rings. The van der Waals surface area contributed by atoms with E-state index in [0.29, 0.717) is 5.65 Å². The van der Waals surface area contributed by atoms with Crippen LogP contribution in [0.2, 0.25) is 0 Å². The summed E-state index contributed by atoms with van der Waals surface area (Å²) in [6.45, 7) is 1.81. The SMILES string of the molecule is Cc1cccn2c(N=O)c(-c3cc(F)ccc3F)nc12. The Labute approximate surface area is 112 Å². The molecule has 0 aliphatic heterocycles. The van der Waals surface area contributed by atoms with Crippen LogP contribution in [-0.4, -0.2) is 9.38 Å². The number of nitrogens with zero attached hydrogens (tertiary/aromatic N) is 3. The molecule has 0 N–H and O–H groups in total. The smallest absolute Gasteiger partial charge is 0.209 e. The number of aryl methyl sites for hydroxylation is 1. The van der Waals surface area contributed by atoms with Crippen molar-refractivity contribution in [1.29, 1.82) is 0 Å². The number of halogens is 2. The fourth-order valence-electron chi connectivity index (χ4n) is 2.14. The lowest BCUT2D eigenvalue weighted by molar-refractivity contribution is 0.603. The van der Waals surface area contributed by atoms with Crippen molar-refractivity contribution in [2.45, 2.75) is 6.92 Å². The van der Waals surface area contributed by atoms with Gasteiger partial charge in [-0.3, -0.25) is 4.40 Å². The predicted octanol–water partition coefficient (Wildman–Crippen LogP) is 3.99. The van der Waals surface area contributed by atoms with Crippen LogP contribution in [0.4, 0.5) is 14.6 Å². The third kappa shape index (κ3) is 1.77. The monoisotopic (exact) mass is 273 g/mol. The first kappa shape index (κ1) is 12.4. The van der Waals surface area contributed by atoms with Gasteiger partial charge in [-0.2, -0.15) is 0 Å². The van der Waals surface area contributed by atoms with E-state index in [1.54, 1.807) is 12.3 Å². The normalized spacial score (nSPS) is 10.9. The van der Waals surface area contributed by atoms with Gasteiger partial charge in [0, 0.05) is 11.8 Å². The van der Waals surface area contributed by atoms with Crippen LogP contribution in [0.3, 0.4) is 0 Å². The minimum Gasteiger partial charge on any atom is -0.281 e. The standard InChI is InChI=1S/C14H9F2N3O/c1-8-3-2-6-19-13(8)17-12(14(19)18-20)10-7-9(15)4-5-11(10)16/h2-7H,1H3. The summed E-state index contributed by atoms with van der Waals surface area (Å²) in [5, 5.41) is 2.91. The first-order valence-electron chi connectivity index (χ1n) is 5.88. The molecule has 0 spiro atoms. The molecule has 6 heteroatoms. The summed E-state index contributed by atoms with van der Waals surface area (Å²) >= 11 is 0. The van der Waals surface area contributed by atoms with E-state index in [1.807, 2.05) is 13.0 Å². The molecule has 3 rings (SSSR count). The Hall–Kier alpha value is -2.63. The third-order valence-electron chi connectivity index (χ3n) is 3.09. The van der Waals surface area contributed by atoms with Crippen molar-refractivity contribution in [2.75, 3.05) is 0 Å². The zero-order valence-corrected chi connectivity index (χ0v) is 10.5. The van der Waals surface area contributed by atoms with Gasteiger partial charge in [0.2, 0.25) is 5.82 Å². The van der Waals surface area contributed by atoms with E-state index in [4.69, 9.17) is 0 Å². The first-order valence-corrected chi connectivity index (χ1v) is 5.88. The number of benzene rings is 1. The number of nitroso groups, excluding NO2 is 1. The maximum atomic E-state index is 13.8. The van der Waals surface area contributed by atoms with Crippen LogP contribution in [0.1, 0.15) is 5.56 Å². The summed E-state index contributed by atoms with van der Waals surface area (Å²) in [6, 6.07) is 6.54. The van der Waals surface area contributed by atoms with Crippen molar-refractivity contribution >= 4 is 11.5 Å². The van der Waals surface area contributed by atoms with E-state index < -0.39 is 11.6 Å². The summed E-state index contributed by atoms with van der Waals surface area (Å²) < 4.78 is 28.6. The number of fused-ring (bicyclic) bond motifs is 1. The molecule has 0 unspecified atom stereocenters. The molecule has 0 atom stereocenters. The number of hydrogen-bond donors (Lipinski definition) is 0. The summed E-state index contributed by atoms with van der Waals surface area (Å²) in [6.07, 6.45) is 1.60. The molecular formula is C14H9F2N3O. The second kappa shape index (κ2) is 4.48. The fraction of sp³-hybridized carbons (Fsp3) is 0.0714. The summed E-state index contributed by atoms with van der Waals surface area (Å²) in [4.78, 5) is 15.3. The molecule has 2 aromatic heterocycles. The zero-order valence-electron chi connectivity index (χ0n) is 10.5. The largest absolute Gasteiger partial charge is 0.281 e. The van der Waals surface area contributed by atoms with Crippen molar-refractivity contribution in [3.05, 3.63) is 58.6 Å². The van der Waals surface area contributed by atoms with Gasteiger partial charge in [0.1, 0.15) is 23.0 Å². The van der Waals surface area contributed by atoms with Crippen LogP contribution in [0.15, 0.2) is 41.7 Å².